The largest absolute Gasteiger partial charge is 0.424 e. The number of fused-ring (bicyclic) bond motifs is 3. The Labute approximate surface area is 241 Å². The number of benzene rings is 2. The van der Waals surface area contributed by atoms with Gasteiger partial charge in [-0.1, -0.05) is 18.2 Å². The quantitative estimate of drug-likeness (QED) is 0.197. The van der Waals surface area contributed by atoms with Crippen molar-refractivity contribution in [2.24, 2.45) is 5.73 Å². The van der Waals surface area contributed by atoms with Crippen LogP contribution in [0.2, 0.25) is 0 Å². The summed E-state index contributed by atoms with van der Waals surface area (Å²) in [7, 11) is 0. The number of anilines is 2. The van der Waals surface area contributed by atoms with Crippen LogP contribution in [0.25, 0.3) is 33.4 Å². The molecule has 1 amide bonds. The number of oxazole rings is 1. The normalized spacial score (nSPS) is 13.2. The fourth-order valence-electron chi connectivity index (χ4n) is 5.25. The fraction of sp³-hybridized carbons (Fsp3) is 0.345. The number of carbonyl (C=O) groups is 1. The second-order valence-corrected chi connectivity index (χ2v) is 10.1. The van der Waals surface area contributed by atoms with Crippen LogP contribution >= 0.6 is 0 Å². The summed E-state index contributed by atoms with van der Waals surface area (Å²) in [6.45, 7) is 4.06. The molecule has 6 N–H and O–H groups in total. The SMILES string of the molecule is NCCOCCOCCC(=O)N1CCc2cc(Cn3nc(-c4ccc5oc(N)nc5c4)c4c(N)ncnc43)ccc2C1. The molecule has 0 fully saturated rings. The summed E-state index contributed by atoms with van der Waals surface area (Å²) in [4.78, 5) is 27.6. The number of ether oxygens (including phenoxy) is 2. The average molecular weight is 572 g/mol. The molecule has 4 heterocycles. The van der Waals surface area contributed by atoms with E-state index in [-0.39, 0.29) is 11.9 Å². The van der Waals surface area contributed by atoms with Gasteiger partial charge in [-0.2, -0.15) is 10.1 Å². The Morgan fingerprint density at radius 2 is 1.86 bits per heavy atom. The van der Waals surface area contributed by atoms with Gasteiger partial charge >= 0.3 is 0 Å². The van der Waals surface area contributed by atoms with Gasteiger partial charge in [0.05, 0.1) is 44.8 Å². The van der Waals surface area contributed by atoms with E-state index in [0.29, 0.717) is 92.7 Å². The predicted molar refractivity (Wildman–Crippen MR) is 157 cm³/mol. The molecule has 2 aromatic carbocycles. The molecular weight excluding hydrogens is 538 g/mol. The van der Waals surface area contributed by atoms with Crippen molar-refractivity contribution in [1.29, 1.82) is 0 Å². The van der Waals surface area contributed by atoms with E-state index in [0.717, 1.165) is 23.1 Å². The molecule has 0 radical (unpaired) electrons. The topological polar surface area (TPSA) is 186 Å². The number of nitrogens with zero attached hydrogens (tertiary/aromatic N) is 6. The first-order valence-corrected chi connectivity index (χ1v) is 13.9. The molecular formula is C29H33N9O4. The molecule has 0 atom stereocenters. The first kappa shape index (κ1) is 27.6. The number of nitrogen functional groups attached to an aromatic ring is 2. The van der Waals surface area contributed by atoms with E-state index in [1.54, 1.807) is 0 Å². The number of hydrogen-bond acceptors (Lipinski definition) is 11. The molecule has 6 rings (SSSR count). The Bertz CT molecular complexity index is 1730. The minimum Gasteiger partial charge on any atom is -0.424 e. The summed E-state index contributed by atoms with van der Waals surface area (Å²) < 4.78 is 18.1. The minimum absolute atomic E-state index is 0.0897. The molecule has 0 unspecified atom stereocenters. The number of aromatic nitrogens is 5. The second-order valence-electron chi connectivity index (χ2n) is 10.1. The molecule has 0 spiro atoms. The van der Waals surface area contributed by atoms with Gasteiger partial charge in [0.25, 0.3) is 6.01 Å². The summed E-state index contributed by atoms with van der Waals surface area (Å²) in [5, 5.41) is 5.57. The van der Waals surface area contributed by atoms with Crippen LogP contribution < -0.4 is 17.2 Å². The van der Waals surface area contributed by atoms with Crippen molar-refractivity contribution in [1.82, 2.24) is 29.6 Å². The zero-order valence-corrected chi connectivity index (χ0v) is 23.2. The molecule has 0 saturated heterocycles. The van der Waals surface area contributed by atoms with Crippen molar-refractivity contribution in [2.75, 3.05) is 51.0 Å². The van der Waals surface area contributed by atoms with E-state index in [4.69, 9.17) is 36.2 Å². The van der Waals surface area contributed by atoms with Crippen molar-refractivity contribution in [3.05, 3.63) is 59.4 Å². The third-order valence-electron chi connectivity index (χ3n) is 7.30. The number of nitrogens with two attached hydrogens (primary N) is 3. The highest BCUT2D eigenvalue weighted by Crippen LogP contribution is 2.33. The van der Waals surface area contributed by atoms with Crippen LogP contribution in [-0.2, 0) is 33.8 Å². The van der Waals surface area contributed by atoms with Crippen LogP contribution in [0.5, 0.6) is 0 Å². The van der Waals surface area contributed by atoms with E-state index >= 15 is 0 Å². The van der Waals surface area contributed by atoms with Crippen LogP contribution in [0, 0.1) is 0 Å². The molecule has 0 saturated carbocycles. The van der Waals surface area contributed by atoms with Crippen LogP contribution in [0.4, 0.5) is 11.8 Å². The van der Waals surface area contributed by atoms with Crippen molar-refractivity contribution < 1.29 is 18.7 Å². The van der Waals surface area contributed by atoms with E-state index < -0.39 is 0 Å². The molecule has 218 valence electrons. The van der Waals surface area contributed by atoms with Gasteiger partial charge in [0.1, 0.15) is 23.4 Å². The first-order chi connectivity index (χ1) is 20.5. The van der Waals surface area contributed by atoms with Crippen molar-refractivity contribution >= 4 is 39.9 Å². The van der Waals surface area contributed by atoms with Gasteiger partial charge in [-0.25, -0.2) is 14.6 Å². The molecule has 13 nitrogen and oxygen atoms in total. The molecule has 42 heavy (non-hydrogen) atoms. The van der Waals surface area contributed by atoms with E-state index in [1.165, 1.54) is 11.9 Å². The maximum Gasteiger partial charge on any atom is 0.292 e. The fourth-order valence-corrected chi connectivity index (χ4v) is 5.25. The number of amides is 1. The highest BCUT2D eigenvalue weighted by Gasteiger charge is 2.22. The molecule has 3 aromatic heterocycles. The highest BCUT2D eigenvalue weighted by molar-refractivity contribution is 5.99. The Morgan fingerprint density at radius 3 is 2.71 bits per heavy atom. The summed E-state index contributed by atoms with van der Waals surface area (Å²) in [6.07, 6.45) is 2.57. The Morgan fingerprint density at radius 1 is 1.00 bits per heavy atom. The molecule has 0 bridgehead atoms. The van der Waals surface area contributed by atoms with Gasteiger partial charge < -0.3 is 36.0 Å². The lowest BCUT2D eigenvalue weighted by Gasteiger charge is -2.29. The molecule has 1 aliphatic heterocycles. The number of rotatable bonds is 11. The third-order valence-corrected chi connectivity index (χ3v) is 7.30. The lowest BCUT2D eigenvalue weighted by molar-refractivity contribution is -0.133. The summed E-state index contributed by atoms with van der Waals surface area (Å²) in [6, 6.07) is 12.0. The minimum atomic E-state index is 0.0897. The highest BCUT2D eigenvalue weighted by atomic mass is 16.5. The van der Waals surface area contributed by atoms with Crippen molar-refractivity contribution in [3.63, 3.8) is 0 Å². The lowest BCUT2D eigenvalue weighted by atomic mass is 9.97. The standard InChI is InChI=1S/C29H33N9O4/c30-7-10-41-12-11-40-9-6-24(39)37-8-5-19-13-18(1-2-21(19)16-37)15-38-28-25(27(31)33-17-34-28)26(36-38)20-3-4-23-22(14-20)35-29(32)42-23/h1-4,13-14,17H,5-12,15-16,30H2,(H2,32,35)(H2,31,33,34). The van der Waals surface area contributed by atoms with Crippen LogP contribution in [0.1, 0.15) is 23.1 Å². The monoisotopic (exact) mass is 571 g/mol. The maximum atomic E-state index is 12.7. The lowest BCUT2D eigenvalue weighted by Crippen LogP contribution is -2.36. The van der Waals surface area contributed by atoms with Gasteiger partial charge in [0.15, 0.2) is 11.2 Å². The predicted octanol–water partition coefficient (Wildman–Crippen LogP) is 2.11. The third kappa shape index (κ3) is 5.75. The molecule has 1 aliphatic rings. The Kier molecular flexibility index (Phi) is 7.95. The van der Waals surface area contributed by atoms with Crippen molar-refractivity contribution in [2.45, 2.75) is 25.9 Å². The first-order valence-electron chi connectivity index (χ1n) is 13.9. The number of carbonyl (C=O) groups excluding carboxylic acids is 1. The van der Waals surface area contributed by atoms with E-state index in [9.17, 15) is 4.79 Å². The van der Waals surface area contributed by atoms with Crippen LogP contribution in [-0.4, -0.2) is 75.1 Å². The van der Waals surface area contributed by atoms with Gasteiger partial charge in [-0.15, -0.1) is 0 Å². The zero-order valence-electron chi connectivity index (χ0n) is 23.2. The molecule has 13 heteroatoms. The summed E-state index contributed by atoms with van der Waals surface area (Å²) >= 11 is 0. The summed E-state index contributed by atoms with van der Waals surface area (Å²) in [5.41, 5.74) is 24.2. The van der Waals surface area contributed by atoms with E-state index in [2.05, 4.69) is 33.2 Å². The summed E-state index contributed by atoms with van der Waals surface area (Å²) in [5.74, 6) is 0.438. The molecule has 5 aromatic rings. The Hall–Kier alpha value is -4.59. The van der Waals surface area contributed by atoms with Crippen molar-refractivity contribution in [3.8, 4) is 11.3 Å². The maximum absolute atomic E-state index is 12.7. The smallest absolute Gasteiger partial charge is 0.292 e. The number of hydrogen-bond donors (Lipinski definition) is 3. The zero-order chi connectivity index (χ0) is 29.1. The average Bonchev–Trinajstić information content (AvgIpc) is 3.56. The van der Waals surface area contributed by atoms with Gasteiger partial charge in [0, 0.05) is 25.2 Å². The Balaban J connectivity index is 1.15. The van der Waals surface area contributed by atoms with E-state index in [1.807, 2.05) is 27.8 Å². The molecule has 0 aliphatic carbocycles. The van der Waals surface area contributed by atoms with Crippen LogP contribution in [0.3, 0.4) is 0 Å². The second kappa shape index (κ2) is 12.1. The van der Waals surface area contributed by atoms with Gasteiger partial charge in [0.2, 0.25) is 5.91 Å². The van der Waals surface area contributed by atoms with Crippen LogP contribution in [0.15, 0.2) is 47.1 Å². The van der Waals surface area contributed by atoms with Gasteiger partial charge in [-0.3, -0.25) is 4.79 Å². The van der Waals surface area contributed by atoms with Gasteiger partial charge in [-0.05, 0) is 41.3 Å².